The van der Waals surface area contributed by atoms with Crippen LogP contribution in [0.5, 0.6) is 0 Å². The average Bonchev–Trinajstić information content (AvgIpc) is 3.27. The van der Waals surface area contributed by atoms with E-state index in [2.05, 4.69) is 41.6 Å². The Labute approximate surface area is 171 Å². The van der Waals surface area contributed by atoms with Crippen molar-refractivity contribution in [2.45, 2.75) is 6.42 Å². The number of sulfonamides is 1. The number of halogens is 2. The van der Waals surface area contributed by atoms with Crippen LogP contribution in [0.15, 0.2) is 36.6 Å². The quantitative estimate of drug-likeness (QED) is 0.327. The number of hydrogen-bond acceptors (Lipinski definition) is 10. The zero-order valence-corrected chi connectivity index (χ0v) is 17.2. The maximum Gasteiger partial charge on any atom is 0.446 e. The van der Waals surface area contributed by atoms with Gasteiger partial charge in [0.25, 0.3) is 0 Å². The van der Waals surface area contributed by atoms with Gasteiger partial charge in [-0.15, -0.1) is 0 Å². The molecule has 2 N–H and O–H groups in total. The fourth-order valence-corrected chi connectivity index (χ4v) is 3.57. The van der Waals surface area contributed by atoms with Gasteiger partial charge >= 0.3 is 5.76 Å². The highest BCUT2D eigenvalue weighted by Gasteiger charge is 2.23. The zero-order chi connectivity index (χ0) is 21.0. The molecular weight excluding hydrogens is 479 g/mol. The molecule has 0 saturated heterocycles. The van der Waals surface area contributed by atoms with E-state index in [0.29, 0.717) is 0 Å². The van der Waals surface area contributed by atoms with Crippen molar-refractivity contribution in [3.8, 4) is 17.2 Å². The van der Waals surface area contributed by atoms with E-state index < -0.39 is 21.6 Å². The molecule has 0 fully saturated rings. The lowest BCUT2D eigenvalue weighted by atomic mass is 10.3. The van der Waals surface area contributed by atoms with Crippen LogP contribution in [0.25, 0.3) is 17.2 Å². The van der Waals surface area contributed by atoms with Crippen LogP contribution < -0.4 is 16.0 Å². The van der Waals surface area contributed by atoms with Crippen molar-refractivity contribution in [2.75, 3.05) is 24.7 Å². The van der Waals surface area contributed by atoms with Gasteiger partial charge in [-0.1, -0.05) is 10.0 Å². The molecule has 0 saturated carbocycles. The first kappa shape index (κ1) is 21.1. The summed E-state index contributed by atoms with van der Waals surface area (Å²) in [4.78, 5) is 18.4. The second kappa shape index (κ2) is 8.81. The summed E-state index contributed by atoms with van der Waals surface area (Å²) in [5.74, 6) is -1.46. The lowest BCUT2D eigenvalue weighted by molar-refractivity contribution is 0.153. The summed E-state index contributed by atoms with van der Waals surface area (Å²) in [5, 5.41) is 13.9. The van der Waals surface area contributed by atoms with E-state index in [1.54, 1.807) is 0 Å². The van der Waals surface area contributed by atoms with Gasteiger partial charge in [-0.25, -0.2) is 26.8 Å². The molecule has 2 aromatic heterocycles. The molecule has 29 heavy (non-hydrogen) atoms. The number of anilines is 1. The Morgan fingerprint density at radius 3 is 2.83 bits per heavy atom. The number of rotatable bonds is 9. The van der Waals surface area contributed by atoms with E-state index in [1.807, 2.05) is 4.89 Å². The van der Waals surface area contributed by atoms with Gasteiger partial charge in [0.1, 0.15) is 5.82 Å². The van der Waals surface area contributed by atoms with Crippen molar-refractivity contribution < 1.29 is 26.8 Å². The molecule has 15 heteroatoms. The summed E-state index contributed by atoms with van der Waals surface area (Å²) in [6.07, 6.45) is 0.210. The van der Waals surface area contributed by atoms with Gasteiger partial charge < -0.3 is 5.32 Å². The van der Waals surface area contributed by atoms with Crippen molar-refractivity contribution in [3.63, 3.8) is 0 Å². The second-order valence-corrected chi connectivity index (χ2v) is 8.21. The molecule has 1 aromatic carbocycles. The van der Waals surface area contributed by atoms with E-state index in [-0.39, 0.29) is 46.2 Å². The molecule has 0 unspecified atom stereocenters. The summed E-state index contributed by atoms with van der Waals surface area (Å²) in [7, 11) is -2.37. The highest BCUT2D eigenvalue weighted by Crippen LogP contribution is 2.26. The smallest absolute Gasteiger partial charge is 0.365 e. The van der Waals surface area contributed by atoms with Crippen molar-refractivity contribution in [1.82, 2.24) is 24.9 Å². The first-order valence-corrected chi connectivity index (χ1v) is 10.4. The van der Waals surface area contributed by atoms with Gasteiger partial charge in [-0.05, 0) is 50.9 Å². The van der Waals surface area contributed by atoms with Crippen LogP contribution in [-0.4, -0.2) is 47.9 Å². The van der Waals surface area contributed by atoms with E-state index in [0.717, 1.165) is 10.6 Å². The predicted molar refractivity (Wildman–Crippen MR) is 100 cm³/mol. The molecule has 3 aromatic rings. The van der Waals surface area contributed by atoms with Crippen LogP contribution in [0, 0.1) is 5.82 Å². The molecule has 12 nitrogen and oxygen atoms in total. The Morgan fingerprint density at radius 1 is 1.31 bits per heavy atom. The molecule has 0 aliphatic rings. The molecule has 0 atom stereocenters. The number of nitrogens with one attached hydrogen (secondary N) is 2. The summed E-state index contributed by atoms with van der Waals surface area (Å²) < 4.78 is 47.2. The largest absolute Gasteiger partial charge is 0.446 e. The molecule has 0 aliphatic carbocycles. The minimum Gasteiger partial charge on any atom is -0.365 e. The lowest BCUT2D eigenvalue weighted by Crippen LogP contribution is -2.26. The minimum atomic E-state index is -3.56. The van der Waals surface area contributed by atoms with Gasteiger partial charge in [-0.2, -0.15) is 0 Å². The molecule has 3 rings (SSSR count). The maximum absolute atomic E-state index is 13.5. The summed E-state index contributed by atoms with van der Waals surface area (Å²) >= 11 is 3.05. The Bertz CT molecular complexity index is 1160. The Hall–Kier alpha value is -2.62. The third kappa shape index (κ3) is 4.87. The molecule has 0 amide bonds. The van der Waals surface area contributed by atoms with Crippen molar-refractivity contribution in [3.05, 3.63) is 39.0 Å². The molecule has 0 spiro atoms. The second-order valence-electron chi connectivity index (χ2n) is 5.55. The van der Waals surface area contributed by atoms with Gasteiger partial charge in [0, 0.05) is 6.54 Å². The Kier molecular flexibility index (Phi) is 6.41. The average molecular weight is 493 g/mol. The van der Waals surface area contributed by atoms with Crippen molar-refractivity contribution in [2.24, 2.45) is 0 Å². The lowest BCUT2D eigenvalue weighted by Gasteiger charge is -2.06. The minimum absolute atomic E-state index is 0.0362. The highest BCUT2D eigenvalue weighted by atomic mass is 79.9. The zero-order valence-electron chi connectivity index (χ0n) is 14.8. The summed E-state index contributed by atoms with van der Waals surface area (Å²) in [6.45, 7) is 0.190. The number of nitrogens with zero attached hydrogens (tertiary/aromatic N) is 4. The van der Waals surface area contributed by atoms with Gasteiger partial charge in [0.15, 0.2) is 5.69 Å². The normalized spacial score (nSPS) is 11.7. The van der Waals surface area contributed by atoms with Crippen LogP contribution in [-0.2, 0) is 14.9 Å². The predicted octanol–water partition coefficient (Wildman–Crippen LogP) is 1.06. The standard InChI is InChI=1S/C14H14BrFN6O6S/c1-26-21-29(24,25)6-2-5-17-12-11(18-28-19-12)13-20-27-14(23)22(13)8-3-4-10(16)9(15)7-8/h3-4,7,21H,2,5-6H2,1H3,(H,17,19). The van der Waals surface area contributed by atoms with Crippen LogP contribution in [0.2, 0.25) is 0 Å². The van der Waals surface area contributed by atoms with Crippen LogP contribution in [0.1, 0.15) is 6.42 Å². The summed E-state index contributed by atoms with van der Waals surface area (Å²) in [5.41, 5.74) is 0.319. The number of hydrogen-bond donors (Lipinski definition) is 2. The fraction of sp³-hybridized carbons (Fsp3) is 0.286. The van der Waals surface area contributed by atoms with Crippen molar-refractivity contribution in [1.29, 1.82) is 0 Å². The first-order valence-electron chi connectivity index (χ1n) is 7.96. The molecule has 0 aliphatic heterocycles. The first-order chi connectivity index (χ1) is 13.8. The molecular formula is C14H14BrFN6O6S. The van der Waals surface area contributed by atoms with Crippen molar-refractivity contribution >= 4 is 31.8 Å². The molecule has 156 valence electrons. The van der Waals surface area contributed by atoms with Gasteiger partial charge in [0.05, 0.1) is 23.0 Å². The monoisotopic (exact) mass is 492 g/mol. The van der Waals surface area contributed by atoms with Crippen LogP contribution in [0.4, 0.5) is 10.2 Å². The highest BCUT2D eigenvalue weighted by molar-refractivity contribution is 9.10. The molecule has 0 bridgehead atoms. The van der Waals surface area contributed by atoms with Crippen LogP contribution >= 0.6 is 15.9 Å². The van der Waals surface area contributed by atoms with Gasteiger partial charge in [-0.3, -0.25) is 9.36 Å². The third-order valence-corrected chi connectivity index (χ3v) is 5.41. The number of benzene rings is 1. The van der Waals surface area contributed by atoms with Crippen LogP contribution in [0.3, 0.4) is 0 Å². The van der Waals surface area contributed by atoms with Gasteiger partial charge in [0.2, 0.25) is 21.7 Å². The van der Waals surface area contributed by atoms with E-state index in [1.165, 1.54) is 19.2 Å². The number of aromatic nitrogens is 4. The third-order valence-electron chi connectivity index (χ3n) is 3.56. The van der Waals surface area contributed by atoms with E-state index in [4.69, 9.17) is 9.15 Å². The maximum atomic E-state index is 13.5. The van der Waals surface area contributed by atoms with E-state index in [9.17, 15) is 17.6 Å². The Balaban J connectivity index is 1.81. The fourth-order valence-electron chi connectivity index (χ4n) is 2.34. The molecule has 2 heterocycles. The Morgan fingerprint density at radius 2 is 2.10 bits per heavy atom. The SMILES string of the molecule is CONS(=O)(=O)CCCNc1nonc1-c1noc(=O)n1-c1ccc(F)c(Br)c1. The topological polar surface area (TPSA) is 154 Å². The summed E-state index contributed by atoms with van der Waals surface area (Å²) in [6, 6.07) is 3.89. The van der Waals surface area contributed by atoms with E-state index >= 15 is 0 Å². The molecule has 0 radical (unpaired) electrons.